The lowest BCUT2D eigenvalue weighted by Gasteiger charge is -2.22. The molecule has 3 heterocycles. The lowest BCUT2D eigenvalue weighted by molar-refractivity contribution is 0.0402. The number of thiazole rings is 1. The van der Waals surface area contributed by atoms with Crippen LogP contribution in [0.15, 0.2) is 48.8 Å². The molecule has 0 saturated carbocycles. The quantitative estimate of drug-likeness (QED) is 0.216. The molecule has 0 fully saturated rings. The maximum Gasteiger partial charge on any atom is 0.412 e. The van der Waals surface area contributed by atoms with Crippen molar-refractivity contribution >= 4 is 50.3 Å². The zero-order chi connectivity index (χ0) is 30.0. The first-order valence-electron chi connectivity index (χ1n) is 12.8. The number of benzene rings is 2. The number of nitrogens with zero attached hydrogens (tertiary/aromatic N) is 4. The van der Waals surface area contributed by atoms with Crippen LogP contribution in [0.2, 0.25) is 0 Å². The van der Waals surface area contributed by atoms with Crippen molar-refractivity contribution in [3.05, 3.63) is 65.9 Å². The van der Waals surface area contributed by atoms with E-state index in [9.17, 15) is 9.59 Å². The van der Waals surface area contributed by atoms with Crippen LogP contribution in [0.3, 0.4) is 0 Å². The van der Waals surface area contributed by atoms with Crippen molar-refractivity contribution in [1.82, 2.24) is 19.9 Å². The van der Waals surface area contributed by atoms with Crippen molar-refractivity contribution in [2.24, 2.45) is 0 Å². The molecule has 2 aromatic carbocycles. The monoisotopic (exact) mass is 591 g/mol. The standard InChI is InChI=1S/C29H26FN5O6S/c1-14-8-18(26-22(9-14)34-25(38-4)13-32-26)27-35-21-10-19(30)23(11-24(21)42-27)40-15(2)16(3)41-29(37)33-17-6-7-20(31-12-17)28(36)39-5/h6-13,15-16H,1-5H3,(H,33,37)/t15-,16+/m0/s1. The lowest BCUT2D eigenvalue weighted by Crippen LogP contribution is -2.32. The first-order valence-corrected chi connectivity index (χ1v) is 13.6. The number of aryl methyl sites for hydroxylation is 1. The number of nitrogens with one attached hydrogen (secondary N) is 1. The van der Waals surface area contributed by atoms with Gasteiger partial charge in [-0.2, -0.15) is 0 Å². The third-order valence-electron chi connectivity index (χ3n) is 6.32. The normalized spacial score (nSPS) is 12.5. The summed E-state index contributed by atoms with van der Waals surface area (Å²) in [4.78, 5) is 41.5. The summed E-state index contributed by atoms with van der Waals surface area (Å²) in [7, 11) is 2.78. The molecule has 0 aliphatic heterocycles. The third-order valence-corrected chi connectivity index (χ3v) is 7.37. The van der Waals surface area contributed by atoms with Crippen LogP contribution in [0.25, 0.3) is 31.8 Å². The first kappa shape index (κ1) is 28.6. The Kier molecular flexibility index (Phi) is 8.11. The number of ether oxygens (including phenoxy) is 4. The fourth-order valence-corrected chi connectivity index (χ4v) is 5.04. The molecule has 0 spiro atoms. The van der Waals surface area contributed by atoms with Gasteiger partial charge in [-0.25, -0.2) is 33.9 Å². The van der Waals surface area contributed by atoms with Gasteiger partial charge in [0.15, 0.2) is 11.6 Å². The van der Waals surface area contributed by atoms with Crippen LogP contribution >= 0.6 is 11.3 Å². The molecule has 0 bridgehead atoms. The number of halogens is 1. The zero-order valence-electron chi connectivity index (χ0n) is 23.3. The highest BCUT2D eigenvalue weighted by molar-refractivity contribution is 7.21. The number of anilines is 1. The van der Waals surface area contributed by atoms with Crippen LogP contribution < -0.4 is 14.8 Å². The van der Waals surface area contributed by atoms with E-state index in [1.165, 1.54) is 50.0 Å². The third kappa shape index (κ3) is 6.05. The SMILES string of the molecule is COC(=O)c1ccc(NC(=O)O[C@H](C)[C@H](C)Oc2cc3sc(-c4cc(C)cc5nc(OC)cnc45)nc3cc2F)cn1. The van der Waals surface area contributed by atoms with E-state index in [1.807, 2.05) is 19.1 Å². The highest BCUT2D eigenvalue weighted by Gasteiger charge is 2.22. The molecular formula is C29H26FN5O6S. The van der Waals surface area contributed by atoms with Gasteiger partial charge in [0.2, 0.25) is 5.88 Å². The van der Waals surface area contributed by atoms with Crippen LogP contribution in [-0.2, 0) is 9.47 Å². The number of carbonyl (C=O) groups is 2. The molecule has 0 unspecified atom stereocenters. The van der Waals surface area contributed by atoms with Gasteiger partial charge >= 0.3 is 12.1 Å². The van der Waals surface area contributed by atoms with E-state index < -0.39 is 30.1 Å². The molecule has 216 valence electrons. The molecule has 0 aliphatic carbocycles. The first-order chi connectivity index (χ1) is 20.1. The van der Waals surface area contributed by atoms with Gasteiger partial charge in [-0.15, -0.1) is 11.3 Å². The van der Waals surface area contributed by atoms with Crippen molar-refractivity contribution in [2.75, 3.05) is 19.5 Å². The van der Waals surface area contributed by atoms with E-state index >= 15 is 4.39 Å². The lowest BCUT2D eigenvalue weighted by atomic mass is 10.1. The molecule has 5 rings (SSSR count). The summed E-state index contributed by atoms with van der Waals surface area (Å²) >= 11 is 1.37. The molecule has 42 heavy (non-hydrogen) atoms. The van der Waals surface area contributed by atoms with Gasteiger partial charge < -0.3 is 18.9 Å². The molecule has 0 saturated heterocycles. The van der Waals surface area contributed by atoms with Crippen molar-refractivity contribution in [2.45, 2.75) is 33.0 Å². The smallest absolute Gasteiger partial charge is 0.412 e. The minimum Gasteiger partial charge on any atom is -0.484 e. The Hall–Kier alpha value is -4.91. The van der Waals surface area contributed by atoms with Crippen LogP contribution in [0.5, 0.6) is 11.6 Å². The number of amides is 1. The molecule has 0 radical (unpaired) electrons. The van der Waals surface area contributed by atoms with Crippen LogP contribution in [0, 0.1) is 12.7 Å². The van der Waals surface area contributed by atoms with Crippen molar-refractivity contribution in [3.8, 4) is 22.2 Å². The van der Waals surface area contributed by atoms with Crippen molar-refractivity contribution < 1.29 is 32.9 Å². The Morgan fingerprint density at radius 3 is 2.50 bits per heavy atom. The zero-order valence-corrected chi connectivity index (χ0v) is 24.1. The van der Waals surface area contributed by atoms with Gasteiger partial charge in [0.1, 0.15) is 22.9 Å². The second kappa shape index (κ2) is 11.9. The average molecular weight is 592 g/mol. The molecule has 11 nitrogen and oxygen atoms in total. The number of methoxy groups -OCH3 is 2. The minimum atomic E-state index is -0.764. The molecule has 13 heteroatoms. The Balaban J connectivity index is 1.30. The number of hydrogen-bond donors (Lipinski definition) is 1. The molecule has 1 N–H and O–H groups in total. The van der Waals surface area contributed by atoms with Gasteiger partial charge in [-0.1, -0.05) is 0 Å². The Morgan fingerprint density at radius 1 is 0.976 bits per heavy atom. The Morgan fingerprint density at radius 2 is 1.79 bits per heavy atom. The number of aromatic nitrogens is 4. The summed E-state index contributed by atoms with van der Waals surface area (Å²) in [5, 5.41) is 3.18. The van der Waals surface area contributed by atoms with Crippen LogP contribution in [0.4, 0.5) is 14.9 Å². The maximum absolute atomic E-state index is 15.1. The molecule has 0 aliphatic rings. The van der Waals surface area contributed by atoms with E-state index in [-0.39, 0.29) is 11.4 Å². The van der Waals surface area contributed by atoms with Gasteiger partial charge in [0, 0.05) is 17.7 Å². The number of hydrogen-bond acceptors (Lipinski definition) is 11. The maximum atomic E-state index is 15.1. The second-order valence-electron chi connectivity index (χ2n) is 9.34. The fraction of sp³-hybridized carbons (Fsp3) is 0.241. The highest BCUT2D eigenvalue weighted by Crippen LogP contribution is 2.37. The summed E-state index contributed by atoms with van der Waals surface area (Å²) in [6.07, 6.45) is 0.645. The number of esters is 1. The predicted molar refractivity (Wildman–Crippen MR) is 155 cm³/mol. The highest BCUT2D eigenvalue weighted by atomic mass is 32.1. The fourth-order valence-electron chi connectivity index (χ4n) is 4.05. The summed E-state index contributed by atoms with van der Waals surface area (Å²) in [6.45, 7) is 5.24. The number of carbonyl (C=O) groups excluding carboxylic acids is 2. The predicted octanol–water partition coefficient (Wildman–Crippen LogP) is 5.95. The largest absolute Gasteiger partial charge is 0.484 e. The summed E-state index contributed by atoms with van der Waals surface area (Å²) in [6, 6.07) is 9.67. The number of rotatable bonds is 8. The summed E-state index contributed by atoms with van der Waals surface area (Å²) in [5.74, 6) is -0.786. The summed E-state index contributed by atoms with van der Waals surface area (Å²) < 4.78 is 36.8. The van der Waals surface area contributed by atoms with Gasteiger partial charge in [-0.05, 0) is 50.6 Å². The Labute approximate surface area is 243 Å². The van der Waals surface area contributed by atoms with E-state index in [0.717, 1.165) is 11.1 Å². The van der Waals surface area contributed by atoms with Gasteiger partial charge in [-0.3, -0.25) is 5.32 Å². The summed E-state index contributed by atoms with van der Waals surface area (Å²) in [5.41, 5.74) is 3.96. The second-order valence-corrected chi connectivity index (χ2v) is 10.4. The molecule has 2 atom stereocenters. The van der Waals surface area contributed by atoms with Crippen LogP contribution in [0.1, 0.15) is 29.9 Å². The molecule has 5 aromatic rings. The van der Waals surface area contributed by atoms with E-state index in [4.69, 9.17) is 14.2 Å². The Bertz CT molecular complexity index is 1800. The molecule has 3 aromatic heterocycles. The topological polar surface area (TPSA) is 135 Å². The molecular weight excluding hydrogens is 565 g/mol. The van der Waals surface area contributed by atoms with Gasteiger partial charge in [0.25, 0.3) is 0 Å². The minimum absolute atomic E-state index is 0.00212. The van der Waals surface area contributed by atoms with Crippen molar-refractivity contribution in [3.63, 3.8) is 0 Å². The van der Waals surface area contributed by atoms with Gasteiger partial charge in [0.05, 0.1) is 53.6 Å². The van der Waals surface area contributed by atoms with E-state index in [1.54, 1.807) is 26.1 Å². The number of pyridine rings is 1. The van der Waals surface area contributed by atoms with Crippen molar-refractivity contribution in [1.29, 1.82) is 0 Å². The average Bonchev–Trinajstić information content (AvgIpc) is 3.38. The van der Waals surface area contributed by atoms with E-state index in [2.05, 4.69) is 30.0 Å². The van der Waals surface area contributed by atoms with Crippen LogP contribution in [-0.4, -0.2) is 58.4 Å². The number of fused-ring (bicyclic) bond motifs is 2. The molecule has 1 amide bonds. The van der Waals surface area contributed by atoms with E-state index in [0.29, 0.717) is 37.8 Å².